The zero-order chi connectivity index (χ0) is 23.4. The molecule has 0 amide bonds. The van der Waals surface area contributed by atoms with Crippen molar-refractivity contribution in [1.82, 2.24) is 0 Å². The first kappa shape index (κ1) is 26.5. The van der Waals surface area contributed by atoms with Gasteiger partial charge in [0.15, 0.2) is 8.32 Å². The molecule has 1 aromatic rings. The van der Waals surface area contributed by atoms with Crippen molar-refractivity contribution in [3.8, 4) is 11.5 Å². The van der Waals surface area contributed by atoms with Gasteiger partial charge in [-0.1, -0.05) is 39.8 Å². The molecule has 1 aliphatic carbocycles. The second-order valence-electron chi connectivity index (χ2n) is 11.1. The van der Waals surface area contributed by atoms with Gasteiger partial charge in [-0.2, -0.15) is 0 Å². The molecular weight excluding hydrogens is 468 g/mol. The molecular formula is C26H43BrO3Si. The first-order valence-corrected chi connectivity index (χ1v) is 15.3. The fourth-order valence-electron chi connectivity index (χ4n) is 3.87. The minimum absolute atomic E-state index is 0.130. The molecule has 5 heteroatoms. The third-order valence-corrected chi connectivity index (χ3v) is 12.1. The number of halogens is 1. The van der Waals surface area contributed by atoms with Crippen LogP contribution in [0.3, 0.4) is 0 Å². The van der Waals surface area contributed by atoms with Crippen molar-refractivity contribution in [3.05, 3.63) is 34.3 Å². The van der Waals surface area contributed by atoms with Gasteiger partial charge in [0.2, 0.25) is 0 Å². The molecule has 0 radical (unpaired) electrons. The molecule has 31 heavy (non-hydrogen) atoms. The molecule has 2 atom stereocenters. The summed E-state index contributed by atoms with van der Waals surface area (Å²) in [7, 11) is -0.280. The number of hydrogen-bond donors (Lipinski definition) is 0. The van der Waals surface area contributed by atoms with E-state index in [0.717, 1.165) is 27.5 Å². The lowest BCUT2D eigenvalue weighted by Crippen LogP contribution is -2.46. The molecule has 0 spiro atoms. The van der Waals surface area contributed by atoms with Gasteiger partial charge in [0, 0.05) is 5.56 Å². The highest BCUT2D eigenvalue weighted by atomic mass is 79.9. The van der Waals surface area contributed by atoms with Crippen molar-refractivity contribution in [1.29, 1.82) is 0 Å². The van der Waals surface area contributed by atoms with Crippen molar-refractivity contribution in [2.45, 2.75) is 91.0 Å². The van der Waals surface area contributed by atoms with E-state index >= 15 is 0 Å². The Morgan fingerprint density at radius 1 is 1.16 bits per heavy atom. The lowest BCUT2D eigenvalue weighted by Gasteiger charge is -2.43. The van der Waals surface area contributed by atoms with E-state index in [-0.39, 0.29) is 5.04 Å². The Labute approximate surface area is 200 Å². The fraction of sp³-hybridized carbons (Fsp3) is 0.692. The lowest BCUT2D eigenvalue weighted by atomic mass is 9.96. The maximum Gasteiger partial charge on any atom is 0.193 e. The molecule has 3 nitrogen and oxygen atoms in total. The number of hydrogen-bond acceptors (Lipinski definition) is 3. The summed E-state index contributed by atoms with van der Waals surface area (Å²) >= 11 is 3.74. The fourth-order valence-corrected chi connectivity index (χ4v) is 6.12. The van der Waals surface area contributed by atoms with Crippen LogP contribution in [-0.4, -0.2) is 22.0 Å². The van der Waals surface area contributed by atoms with Gasteiger partial charge in [-0.25, -0.2) is 0 Å². The molecule has 0 bridgehead atoms. The second kappa shape index (κ2) is 10.4. The van der Waals surface area contributed by atoms with Crippen molar-refractivity contribution < 1.29 is 13.9 Å². The Morgan fingerprint density at radius 3 is 2.39 bits per heavy atom. The molecule has 2 rings (SSSR count). The molecule has 0 heterocycles. The summed E-state index contributed by atoms with van der Waals surface area (Å²) in [5, 5.41) is 0.130. The van der Waals surface area contributed by atoms with E-state index in [2.05, 4.69) is 88.8 Å². The average Bonchev–Trinajstić information content (AvgIpc) is 3.16. The van der Waals surface area contributed by atoms with Gasteiger partial charge in [0.05, 0.1) is 23.8 Å². The number of methoxy groups -OCH3 is 1. The van der Waals surface area contributed by atoms with Gasteiger partial charge in [0.25, 0.3) is 0 Å². The minimum atomic E-state index is -1.98. The normalized spacial score (nSPS) is 18.3. The van der Waals surface area contributed by atoms with Crippen LogP contribution in [0.1, 0.15) is 72.8 Å². The standard InChI is InChI=1S/C26H43BrO3Si/c1-19(14-15-20-12-10-11-13-20)18-29-24-22(16-21(28-7)17-23(24)27)26(5,6)30-31(8,9)25(2,3)4/h10,12,16-17,19-20H,11,13-15,18H2,1-9H3. The van der Waals surface area contributed by atoms with E-state index in [4.69, 9.17) is 13.9 Å². The molecule has 1 aliphatic rings. The van der Waals surface area contributed by atoms with E-state index < -0.39 is 13.9 Å². The van der Waals surface area contributed by atoms with Crippen molar-refractivity contribution in [3.63, 3.8) is 0 Å². The molecule has 1 aromatic carbocycles. The SMILES string of the molecule is COc1cc(Br)c(OCC(C)CCC2C=CCC2)c(C(C)(C)O[Si](C)(C)C(C)(C)C)c1. The van der Waals surface area contributed by atoms with Crippen LogP contribution in [0.25, 0.3) is 0 Å². The van der Waals surface area contributed by atoms with Gasteiger partial charge in [-0.05, 0) is 97.6 Å². The largest absolute Gasteiger partial charge is 0.497 e. The Bertz CT molecular complexity index is 765. The molecule has 176 valence electrons. The molecule has 0 N–H and O–H groups in total. The third kappa shape index (κ3) is 7.10. The highest BCUT2D eigenvalue weighted by Gasteiger charge is 2.43. The topological polar surface area (TPSA) is 27.7 Å². The Hall–Kier alpha value is -0.783. The van der Waals surface area contributed by atoms with Crippen molar-refractivity contribution in [2.75, 3.05) is 13.7 Å². The highest BCUT2D eigenvalue weighted by molar-refractivity contribution is 9.10. The summed E-state index contributed by atoms with van der Waals surface area (Å²) in [5.41, 5.74) is 0.544. The Kier molecular flexibility index (Phi) is 8.91. The zero-order valence-electron chi connectivity index (χ0n) is 21.1. The highest BCUT2D eigenvalue weighted by Crippen LogP contribution is 2.46. The summed E-state index contributed by atoms with van der Waals surface area (Å²) in [4.78, 5) is 0. The predicted octanol–water partition coefficient (Wildman–Crippen LogP) is 8.48. The van der Waals surface area contributed by atoms with E-state index in [0.29, 0.717) is 12.5 Å². The maximum atomic E-state index is 6.87. The summed E-state index contributed by atoms with van der Waals surface area (Å²) in [6, 6.07) is 4.05. The third-order valence-electron chi connectivity index (χ3n) is 6.87. The van der Waals surface area contributed by atoms with Crippen LogP contribution in [0.5, 0.6) is 11.5 Å². The summed E-state index contributed by atoms with van der Waals surface area (Å²) in [5.74, 6) is 2.93. The lowest BCUT2D eigenvalue weighted by molar-refractivity contribution is 0.0848. The summed E-state index contributed by atoms with van der Waals surface area (Å²) < 4.78 is 19.8. The van der Waals surface area contributed by atoms with Crippen LogP contribution in [0, 0.1) is 11.8 Å². The number of benzene rings is 1. The van der Waals surface area contributed by atoms with Gasteiger partial charge in [-0.3, -0.25) is 0 Å². The van der Waals surface area contributed by atoms with Crippen LogP contribution < -0.4 is 9.47 Å². The molecule has 0 aromatic heterocycles. The number of rotatable bonds is 10. The van der Waals surface area contributed by atoms with Crippen molar-refractivity contribution in [2.24, 2.45) is 11.8 Å². The van der Waals surface area contributed by atoms with Crippen LogP contribution in [0.15, 0.2) is 28.8 Å². The van der Waals surface area contributed by atoms with Crippen molar-refractivity contribution >= 4 is 24.2 Å². The number of ether oxygens (including phenoxy) is 2. The monoisotopic (exact) mass is 510 g/mol. The summed E-state index contributed by atoms with van der Waals surface area (Å²) in [6.07, 6.45) is 9.67. The van der Waals surface area contributed by atoms with Gasteiger partial charge in [-0.15, -0.1) is 0 Å². The quantitative estimate of drug-likeness (QED) is 0.233. The van der Waals surface area contributed by atoms with Crippen LogP contribution in [0.4, 0.5) is 0 Å². The Morgan fingerprint density at radius 2 is 1.84 bits per heavy atom. The van der Waals surface area contributed by atoms with E-state index in [1.54, 1.807) is 7.11 Å². The molecule has 0 saturated carbocycles. The van der Waals surface area contributed by atoms with E-state index in [1.807, 2.05) is 6.07 Å². The first-order chi connectivity index (χ1) is 14.3. The van der Waals surface area contributed by atoms with E-state index in [1.165, 1.54) is 25.7 Å². The average molecular weight is 512 g/mol. The van der Waals surface area contributed by atoms with E-state index in [9.17, 15) is 0 Å². The van der Waals surface area contributed by atoms with Crippen LogP contribution in [-0.2, 0) is 10.0 Å². The second-order valence-corrected chi connectivity index (χ2v) is 16.7. The van der Waals surface area contributed by atoms with Gasteiger partial charge < -0.3 is 13.9 Å². The Balaban J connectivity index is 2.21. The summed E-state index contributed by atoms with van der Waals surface area (Å²) in [6.45, 7) is 18.7. The van der Waals surface area contributed by atoms with Crippen LogP contribution >= 0.6 is 15.9 Å². The van der Waals surface area contributed by atoms with Crippen LogP contribution in [0.2, 0.25) is 18.1 Å². The molecule has 0 fully saturated rings. The molecule has 2 unspecified atom stereocenters. The smallest absolute Gasteiger partial charge is 0.193 e. The maximum absolute atomic E-state index is 6.87. The minimum Gasteiger partial charge on any atom is -0.497 e. The first-order valence-electron chi connectivity index (χ1n) is 11.6. The number of allylic oxidation sites excluding steroid dienone is 2. The molecule has 0 aliphatic heterocycles. The predicted molar refractivity (Wildman–Crippen MR) is 138 cm³/mol. The molecule has 0 saturated heterocycles. The zero-order valence-corrected chi connectivity index (χ0v) is 23.7. The van der Waals surface area contributed by atoms with Gasteiger partial charge >= 0.3 is 0 Å². The van der Waals surface area contributed by atoms with Gasteiger partial charge in [0.1, 0.15) is 11.5 Å².